The van der Waals surface area contributed by atoms with Gasteiger partial charge in [0.25, 0.3) is 0 Å². The van der Waals surface area contributed by atoms with Gasteiger partial charge in [-0.3, -0.25) is 0 Å². The van der Waals surface area contributed by atoms with Gasteiger partial charge in [0.15, 0.2) is 0 Å². The topological polar surface area (TPSA) is 20.2 Å². The molecule has 0 atom stereocenters. The van der Waals surface area contributed by atoms with Crippen molar-refractivity contribution in [3.05, 3.63) is 34.3 Å². The fraction of sp³-hybridized carbons (Fsp3) is 0.200. The first-order valence-electron chi connectivity index (χ1n) is 3.87. The molecule has 1 aromatic rings. The van der Waals surface area contributed by atoms with E-state index in [1.54, 1.807) is 4.99 Å². The number of para-hydroxylation sites is 1. The molecule has 0 aliphatic rings. The summed E-state index contributed by atoms with van der Waals surface area (Å²) in [6, 6.07) is 5.76. The second-order valence-corrected chi connectivity index (χ2v) is 3.03. The lowest BCUT2D eigenvalue weighted by Gasteiger charge is -2.03. The molecule has 0 heterocycles. The monoisotopic (exact) mass is 226 g/mol. The average Bonchev–Trinajstić information content (AvgIpc) is 2.09. The van der Waals surface area contributed by atoms with Crippen LogP contribution < -0.4 is 0 Å². The Bertz CT molecular complexity index is 292. The molecule has 0 spiro atoms. The van der Waals surface area contributed by atoms with Gasteiger partial charge in [-0.25, -0.2) is 0 Å². The van der Waals surface area contributed by atoms with Crippen LogP contribution in [0.5, 0.6) is 5.75 Å². The number of rotatable bonds is 2. The molecule has 0 amide bonds. The summed E-state index contributed by atoms with van der Waals surface area (Å²) >= 11 is 3.18. The lowest BCUT2D eigenvalue weighted by Crippen LogP contribution is -1.83. The van der Waals surface area contributed by atoms with Crippen LogP contribution >= 0.6 is 15.9 Å². The third-order valence-corrected chi connectivity index (χ3v) is 2.04. The van der Waals surface area contributed by atoms with Gasteiger partial charge in [-0.1, -0.05) is 41.1 Å². The molecule has 1 nitrogen and oxygen atoms in total. The van der Waals surface area contributed by atoms with Crippen molar-refractivity contribution >= 4 is 22.0 Å². The predicted molar refractivity (Wildman–Crippen MR) is 55.4 cm³/mol. The van der Waals surface area contributed by atoms with Crippen LogP contribution in [0.25, 0.3) is 6.08 Å². The van der Waals surface area contributed by atoms with E-state index in [9.17, 15) is 5.11 Å². The smallest absolute Gasteiger partial charge is 0.125 e. The van der Waals surface area contributed by atoms with Crippen LogP contribution in [-0.2, 0) is 6.42 Å². The first-order valence-corrected chi connectivity index (χ1v) is 4.78. The minimum atomic E-state index is 0.385. The highest BCUT2D eigenvalue weighted by atomic mass is 79.9. The van der Waals surface area contributed by atoms with Crippen LogP contribution in [0.2, 0.25) is 0 Å². The Balaban J connectivity index is 3.13. The van der Waals surface area contributed by atoms with E-state index in [0.717, 1.165) is 17.5 Å². The first kappa shape index (κ1) is 9.33. The molecular formula is C10H11BrO. The van der Waals surface area contributed by atoms with Crippen molar-refractivity contribution in [1.29, 1.82) is 0 Å². The Morgan fingerprint density at radius 3 is 2.83 bits per heavy atom. The summed E-state index contributed by atoms with van der Waals surface area (Å²) in [5.41, 5.74) is 1.84. The maximum absolute atomic E-state index is 9.65. The molecule has 0 saturated heterocycles. The molecule has 1 aromatic carbocycles. The van der Waals surface area contributed by atoms with E-state index in [-0.39, 0.29) is 0 Å². The molecule has 2 heteroatoms. The van der Waals surface area contributed by atoms with Gasteiger partial charge in [-0.15, -0.1) is 0 Å². The second-order valence-electron chi connectivity index (χ2n) is 2.50. The van der Waals surface area contributed by atoms with Crippen molar-refractivity contribution in [3.8, 4) is 5.75 Å². The highest BCUT2D eigenvalue weighted by Gasteiger charge is 2.01. The van der Waals surface area contributed by atoms with Gasteiger partial charge in [-0.05, 0) is 23.0 Å². The van der Waals surface area contributed by atoms with E-state index in [1.807, 2.05) is 31.2 Å². The molecule has 1 rings (SSSR count). The summed E-state index contributed by atoms with van der Waals surface area (Å²) in [6.07, 6.45) is 2.68. The molecule has 12 heavy (non-hydrogen) atoms. The number of phenolic OH excluding ortho intramolecular Hbond substituents is 1. The highest BCUT2D eigenvalue weighted by molar-refractivity contribution is 9.11. The summed E-state index contributed by atoms with van der Waals surface area (Å²) < 4.78 is 0. The lowest BCUT2D eigenvalue weighted by atomic mass is 10.1. The van der Waals surface area contributed by atoms with Crippen molar-refractivity contribution in [2.75, 3.05) is 0 Å². The van der Waals surface area contributed by atoms with Gasteiger partial charge in [-0.2, -0.15) is 0 Å². The first-order chi connectivity index (χ1) is 5.79. The number of benzene rings is 1. The standard InChI is InChI=1S/C10H11BrO/c1-2-8-4-3-5-9(6-7-11)10(8)12/h3-7,12H,2H2,1H3/b7-6+. The zero-order valence-electron chi connectivity index (χ0n) is 6.92. The largest absolute Gasteiger partial charge is 0.507 e. The Labute approximate surface area is 80.9 Å². The van der Waals surface area contributed by atoms with Crippen molar-refractivity contribution in [2.45, 2.75) is 13.3 Å². The Morgan fingerprint density at radius 1 is 1.50 bits per heavy atom. The molecule has 0 aliphatic carbocycles. The number of aromatic hydroxyl groups is 1. The van der Waals surface area contributed by atoms with Gasteiger partial charge in [0, 0.05) is 5.56 Å². The number of hydrogen-bond donors (Lipinski definition) is 1. The van der Waals surface area contributed by atoms with Crippen LogP contribution in [0, 0.1) is 0 Å². The average molecular weight is 227 g/mol. The molecule has 1 N–H and O–H groups in total. The highest BCUT2D eigenvalue weighted by Crippen LogP contribution is 2.24. The molecule has 0 bridgehead atoms. The van der Waals surface area contributed by atoms with E-state index >= 15 is 0 Å². The molecule has 0 radical (unpaired) electrons. The van der Waals surface area contributed by atoms with Gasteiger partial charge < -0.3 is 5.11 Å². The Morgan fingerprint density at radius 2 is 2.25 bits per heavy atom. The number of aryl methyl sites for hydroxylation is 1. The Kier molecular flexibility index (Phi) is 3.35. The van der Waals surface area contributed by atoms with Gasteiger partial charge in [0.2, 0.25) is 0 Å². The summed E-state index contributed by atoms with van der Waals surface area (Å²) in [6.45, 7) is 2.02. The molecule has 0 unspecified atom stereocenters. The van der Waals surface area contributed by atoms with Gasteiger partial charge in [0.1, 0.15) is 5.75 Å². The minimum Gasteiger partial charge on any atom is -0.507 e. The zero-order valence-corrected chi connectivity index (χ0v) is 8.51. The normalized spacial score (nSPS) is 10.8. The maximum Gasteiger partial charge on any atom is 0.125 e. The number of hydrogen-bond acceptors (Lipinski definition) is 1. The number of halogens is 1. The predicted octanol–water partition coefficient (Wildman–Crippen LogP) is 3.32. The van der Waals surface area contributed by atoms with Crippen LogP contribution in [0.15, 0.2) is 23.2 Å². The molecule has 0 aromatic heterocycles. The Hall–Kier alpha value is -0.760. The summed E-state index contributed by atoms with van der Waals surface area (Å²) in [7, 11) is 0. The zero-order chi connectivity index (χ0) is 8.97. The van der Waals surface area contributed by atoms with Gasteiger partial charge >= 0.3 is 0 Å². The third-order valence-electron chi connectivity index (χ3n) is 1.77. The van der Waals surface area contributed by atoms with Crippen molar-refractivity contribution in [2.24, 2.45) is 0 Å². The third kappa shape index (κ3) is 1.89. The van der Waals surface area contributed by atoms with E-state index in [4.69, 9.17) is 0 Å². The van der Waals surface area contributed by atoms with E-state index in [1.165, 1.54) is 0 Å². The van der Waals surface area contributed by atoms with E-state index in [2.05, 4.69) is 15.9 Å². The fourth-order valence-electron chi connectivity index (χ4n) is 1.10. The van der Waals surface area contributed by atoms with Crippen molar-refractivity contribution in [1.82, 2.24) is 0 Å². The SMILES string of the molecule is CCc1cccc(/C=C/Br)c1O. The van der Waals surface area contributed by atoms with Crippen LogP contribution in [0.1, 0.15) is 18.1 Å². The summed E-state index contributed by atoms with van der Waals surface area (Å²) in [4.78, 5) is 1.74. The van der Waals surface area contributed by atoms with Crippen molar-refractivity contribution in [3.63, 3.8) is 0 Å². The van der Waals surface area contributed by atoms with Gasteiger partial charge in [0.05, 0.1) is 0 Å². The van der Waals surface area contributed by atoms with Crippen molar-refractivity contribution < 1.29 is 5.11 Å². The molecule has 0 fully saturated rings. The molecule has 0 aliphatic heterocycles. The lowest BCUT2D eigenvalue weighted by molar-refractivity contribution is 0.467. The molecular weight excluding hydrogens is 216 g/mol. The van der Waals surface area contributed by atoms with Crippen LogP contribution in [0.4, 0.5) is 0 Å². The minimum absolute atomic E-state index is 0.385. The van der Waals surface area contributed by atoms with Crippen LogP contribution in [0.3, 0.4) is 0 Å². The second kappa shape index (κ2) is 4.31. The maximum atomic E-state index is 9.65. The number of phenols is 1. The fourth-order valence-corrected chi connectivity index (χ4v) is 1.38. The summed E-state index contributed by atoms with van der Waals surface area (Å²) in [5, 5.41) is 9.65. The van der Waals surface area contributed by atoms with E-state index in [0.29, 0.717) is 5.75 Å². The van der Waals surface area contributed by atoms with E-state index < -0.39 is 0 Å². The quantitative estimate of drug-likeness (QED) is 0.821. The molecule has 0 saturated carbocycles. The molecule has 64 valence electrons. The van der Waals surface area contributed by atoms with Crippen LogP contribution in [-0.4, -0.2) is 5.11 Å². The summed E-state index contributed by atoms with van der Waals surface area (Å²) in [5.74, 6) is 0.385.